The van der Waals surface area contributed by atoms with Gasteiger partial charge in [-0.2, -0.15) is 13.2 Å². The van der Waals surface area contributed by atoms with E-state index in [9.17, 15) is 18.0 Å². The number of pyridine rings is 1. The van der Waals surface area contributed by atoms with Gasteiger partial charge in [0.25, 0.3) is 5.69 Å². The van der Waals surface area contributed by atoms with E-state index >= 15 is 0 Å². The molecule has 0 spiro atoms. The largest absolute Gasteiger partial charge is 0.486 e. The van der Waals surface area contributed by atoms with Crippen molar-refractivity contribution in [1.29, 1.82) is 0 Å². The van der Waals surface area contributed by atoms with Gasteiger partial charge in [-0.25, -0.2) is 9.83 Å². The smallest absolute Gasteiger partial charge is 0.407 e. The van der Waals surface area contributed by atoms with Gasteiger partial charge in [0.2, 0.25) is 5.88 Å². The second-order valence-corrected chi connectivity index (χ2v) is 4.30. The number of rotatable bonds is 5. The third-order valence-electron chi connectivity index (χ3n) is 2.26. The summed E-state index contributed by atoms with van der Waals surface area (Å²) in [5, 5.41) is -0.411. The summed E-state index contributed by atoms with van der Waals surface area (Å²) in [5.41, 5.74) is -1.92. The number of carbonyl (C=O) groups excluding carboxylic acids is 1. The second-order valence-electron chi connectivity index (χ2n) is 3.91. The molecular weight excluding hydrogens is 297 g/mol. The number of carbonyl (C=O) groups is 1. The van der Waals surface area contributed by atoms with E-state index in [2.05, 4.69) is 9.83 Å². The van der Waals surface area contributed by atoms with Gasteiger partial charge >= 0.3 is 6.18 Å². The molecule has 1 aromatic heterocycles. The van der Waals surface area contributed by atoms with Crippen molar-refractivity contribution in [3.05, 3.63) is 28.2 Å². The molecule has 108 valence electrons. The third-order valence-corrected chi connectivity index (χ3v) is 2.45. The van der Waals surface area contributed by atoms with Crippen LogP contribution in [0.4, 0.5) is 18.9 Å². The number of ether oxygens (including phenoxy) is 1. The molecule has 0 saturated heterocycles. The molecule has 0 N–H and O–H groups in total. The topological polar surface area (TPSA) is 43.5 Å². The van der Waals surface area contributed by atoms with Crippen LogP contribution in [0.25, 0.3) is 4.85 Å². The molecule has 4 nitrogen and oxygen atoms in total. The van der Waals surface area contributed by atoms with E-state index in [0.29, 0.717) is 12.5 Å². The summed E-state index contributed by atoms with van der Waals surface area (Å²) < 4.78 is 43.3. The molecule has 1 aromatic rings. The first-order valence-electron chi connectivity index (χ1n) is 5.53. The van der Waals surface area contributed by atoms with E-state index in [-0.39, 0.29) is 18.8 Å². The number of aromatic nitrogens is 1. The van der Waals surface area contributed by atoms with Crippen LogP contribution in [0.3, 0.4) is 0 Å². The zero-order valence-electron chi connectivity index (χ0n) is 10.4. The van der Waals surface area contributed by atoms with E-state index < -0.39 is 28.5 Å². The molecule has 0 aliphatic carbocycles. The highest BCUT2D eigenvalue weighted by molar-refractivity contribution is 6.29. The highest BCUT2D eigenvalue weighted by atomic mass is 35.5. The number of alkyl halides is 3. The lowest BCUT2D eigenvalue weighted by Crippen LogP contribution is -2.08. The van der Waals surface area contributed by atoms with E-state index in [1.165, 1.54) is 6.92 Å². The van der Waals surface area contributed by atoms with Gasteiger partial charge in [-0.1, -0.05) is 11.6 Å². The molecule has 8 heteroatoms. The van der Waals surface area contributed by atoms with Gasteiger partial charge in [-0.05, 0) is 19.4 Å². The average molecular weight is 307 g/mol. The fraction of sp³-hybridized carbons (Fsp3) is 0.417. The van der Waals surface area contributed by atoms with Crippen LogP contribution in [0.5, 0.6) is 5.88 Å². The van der Waals surface area contributed by atoms with E-state index in [4.69, 9.17) is 22.9 Å². The zero-order chi connectivity index (χ0) is 15.3. The normalized spacial score (nSPS) is 11.0. The van der Waals surface area contributed by atoms with Gasteiger partial charge in [-0.15, -0.1) is 0 Å². The van der Waals surface area contributed by atoms with Gasteiger partial charge in [0.05, 0.1) is 18.7 Å². The molecule has 20 heavy (non-hydrogen) atoms. The van der Waals surface area contributed by atoms with Crippen molar-refractivity contribution in [3.8, 4) is 5.88 Å². The Morgan fingerprint density at radius 3 is 2.70 bits per heavy atom. The average Bonchev–Trinajstić information content (AvgIpc) is 2.32. The van der Waals surface area contributed by atoms with Gasteiger partial charge in [0.1, 0.15) is 10.9 Å². The molecule has 0 aliphatic rings. The predicted octanol–water partition coefficient (Wildman–Crippen LogP) is 4.05. The standard InChI is InChI=1S/C12H10ClF3N2O2/c1-7(19)4-3-5-20-11-10(17-2)8(12(14,15)16)6-9(13)18-11/h6H,3-5H2,1H3. The van der Waals surface area contributed by atoms with Gasteiger partial charge in [0, 0.05) is 6.42 Å². The monoisotopic (exact) mass is 306 g/mol. The summed E-state index contributed by atoms with van der Waals surface area (Å²) in [4.78, 5) is 17.1. The Morgan fingerprint density at radius 1 is 1.55 bits per heavy atom. The van der Waals surface area contributed by atoms with Gasteiger partial charge < -0.3 is 9.53 Å². The predicted molar refractivity (Wildman–Crippen MR) is 65.9 cm³/mol. The Balaban J connectivity index is 2.99. The molecule has 0 amide bonds. The molecule has 0 atom stereocenters. The first-order valence-corrected chi connectivity index (χ1v) is 5.91. The van der Waals surface area contributed by atoms with Crippen LogP contribution in [-0.4, -0.2) is 17.4 Å². The SMILES string of the molecule is [C-]#[N+]c1c(C(F)(F)F)cc(Cl)nc1OCCCC(C)=O. The molecule has 0 saturated carbocycles. The Hall–Kier alpha value is -1.81. The van der Waals surface area contributed by atoms with Crippen LogP contribution in [0.15, 0.2) is 6.07 Å². The summed E-state index contributed by atoms with van der Waals surface area (Å²) in [7, 11) is 0. The maximum atomic E-state index is 12.8. The van der Waals surface area contributed by atoms with Crippen LogP contribution in [0, 0.1) is 6.57 Å². The van der Waals surface area contributed by atoms with Crippen molar-refractivity contribution >= 4 is 23.1 Å². The first kappa shape index (κ1) is 16.2. The van der Waals surface area contributed by atoms with E-state index in [0.717, 1.165) is 0 Å². The number of hydrogen-bond acceptors (Lipinski definition) is 3. The van der Waals surface area contributed by atoms with E-state index in [1.807, 2.05) is 0 Å². The van der Waals surface area contributed by atoms with Crippen LogP contribution in [-0.2, 0) is 11.0 Å². The molecule has 1 rings (SSSR count). The van der Waals surface area contributed by atoms with Crippen molar-refractivity contribution in [1.82, 2.24) is 4.98 Å². The molecule has 0 aliphatic heterocycles. The van der Waals surface area contributed by atoms with Crippen molar-refractivity contribution in [2.24, 2.45) is 0 Å². The second kappa shape index (κ2) is 6.57. The van der Waals surface area contributed by atoms with Crippen LogP contribution in [0.2, 0.25) is 5.15 Å². The highest BCUT2D eigenvalue weighted by Crippen LogP contribution is 2.42. The summed E-state index contributed by atoms with van der Waals surface area (Å²) in [6.07, 6.45) is -4.16. The molecule has 0 aromatic carbocycles. The van der Waals surface area contributed by atoms with Crippen molar-refractivity contribution < 1.29 is 22.7 Å². The molecule has 0 fully saturated rings. The van der Waals surface area contributed by atoms with Crippen molar-refractivity contribution in [3.63, 3.8) is 0 Å². The molecule has 0 bridgehead atoms. The number of ketones is 1. The minimum atomic E-state index is -4.72. The lowest BCUT2D eigenvalue weighted by Gasteiger charge is -2.13. The fourth-order valence-corrected chi connectivity index (χ4v) is 1.59. The first-order chi connectivity index (χ1) is 9.25. The number of hydrogen-bond donors (Lipinski definition) is 0. The Morgan fingerprint density at radius 2 is 2.20 bits per heavy atom. The zero-order valence-corrected chi connectivity index (χ0v) is 11.2. The fourth-order valence-electron chi connectivity index (χ4n) is 1.40. The minimum absolute atomic E-state index is 0.0211. The summed E-state index contributed by atoms with van der Waals surface area (Å²) in [6.45, 7) is 8.20. The Labute approximate surface area is 118 Å². The maximum Gasteiger partial charge on any atom is 0.407 e. The summed E-state index contributed by atoms with van der Waals surface area (Å²) in [5.74, 6) is -0.530. The summed E-state index contributed by atoms with van der Waals surface area (Å²) in [6, 6.07) is 0.581. The number of Topliss-reactive ketones (excluding diaryl/α,β-unsaturated/α-hetero) is 1. The minimum Gasteiger partial charge on any atom is -0.486 e. The number of halogens is 4. The molecular formula is C12H10ClF3N2O2. The van der Waals surface area contributed by atoms with Gasteiger partial charge in [-0.3, -0.25) is 0 Å². The van der Waals surface area contributed by atoms with Gasteiger partial charge in [0.15, 0.2) is 0 Å². The lowest BCUT2D eigenvalue weighted by molar-refractivity contribution is -0.137. The maximum absolute atomic E-state index is 12.8. The van der Waals surface area contributed by atoms with Crippen molar-refractivity contribution in [2.75, 3.05) is 6.61 Å². The molecule has 0 unspecified atom stereocenters. The Bertz CT molecular complexity index is 553. The van der Waals surface area contributed by atoms with Crippen molar-refractivity contribution in [2.45, 2.75) is 25.9 Å². The Kier molecular flexibility index (Phi) is 5.34. The van der Waals surface area contributed by atoms with Crippen LogP contribution in [0.1, 0.15) is 25.3 Å². The van der Waals surface area contributed by atoms with Crippen LogP contribution >= 0.6 is 11.6 Å². The third kappa shape index (κ3) is 4.38. The quantitative estimate of drug-likeness (QED) is 0.468. The lowest BCUT2D eigenvalue weighted by atomic mass is 10.2. The highest BCUT2D eigenvalue weighted by Gasteiger charge is 2.36. The molecule has 1 heterocycles. The molecule has 0 radical (unpaired) electrons. The summed E-state index contributed by atoms with van der Waals surface area (Å²) >= 11 is 5.50. The number of nitrogens with zero attached hydrogens (tertiary/aromatic N) is 2. The van der Waals surface area contributed by atoms with E-state index in [1.54, 1.807) is 0 Å². The van der Waals surface area contributed by atoms with Crippen LogP contribution < -0.4 is 4.74 Å².